The van der Waals surface area contributed by atoms with Gasteiger partial charge in [-0.3, -0.25) is 4.79 Å². The highest BCUT2D eigenvalue weighted by Gasteiger charge is 2.14. The first-order chi connectivity index (χ1) is 9.11. The highest BCUT2D eigenvalue weighted by molar-refractivity contribution is 7.98. The third-order valence-electron chi connectivity index (χ3n) is 2.54. The molecule has 1 N–H and O–H groups in total. The SMILES string of the molecule is CSc1ncc(C(=O)Nc2ccccc2C)c(Cl)n1. The summed E-state index contributed by atoms with van der Waals surface area (Å²) in [6.07, 6.45) is 3.29. The normalized spacial score (nSPS) is 10.3. The molecule has 6 heteroatoms. The summed E-state index contributed by atoms with van der Waals surface area (Å²) in [5.41, 5.74) is 1.99. The molecule has 1 aromatic carbocycles. The van der Waals surface area contributed by atoms with Gasteiger partial charge in [0.15, 0.2) is 5.16 Å². The third-order valence-corrected chi connectivity index (χ3v) is 3.39. The molecule has 0 spiro atoms. The van der Waals surface area contributed by atoms with Crippen molar-refractivity contribution in [2.45, 2.75) is 12.1 Å². The van der Waals surface area contributed by atoms with Crippen LogP contribution in [0, 0.1) is 6.92 Å². The van der Waals surface area contributed by atoms with Crippen molar-refractivity contribution in [3.05, 3.63) is 46.7 Å². The fourth-order valence-electron chi connectivity index (χ4n) is 1.50. The van der Waals surface area contributed by atoms with E-state index in [4.69, 9.17) is 11.6 Å². The average Bonchev–Trinajstić information content (AvgIpc) is 2.41. The van der Waals surface area contributed by atoms with Crippen LogP contribution in [0.4, 0.5) is 5.69 Å². The van der Waals surface area contributed by atoms with Gasteiger partial charge < -0.3 is 5.32 Å². The van der Waals surface area contributed by atoms with Crippen LogP contribution in [0.2, 0.25) is 5.15 Å². The lowest BCUT2D eigenvalue weighted by atomic mass is 10.2. The van der Waals surface area contributed by atoms with Crippen LogP contribution in [-0.2, 0) is 0 Å². The Morgan fingerprint density at radius 3 is 2.74 bits per heavy atom. The first-order valence-electron chi connectivity index (χ1n) is 5.55. The van der Waals surface area contributed by atoms with E-state index in [1.54, 1.807) is 0 Å². The molecule has 0 aliphatic heterocycles. The maximum Gasteiger partial charge on any atom is 0.260 e. The van der Waals surface area contributed by atoms with E-state index in [-0.39, 0.29) is 16.6 Å². The molecule has 2 aromatic rings. The van der Waals surface area contributed by atoms with Gasteiger partial charge in [0.05, 0.1) is 5.56 Å². The maximum absolute atomic E-state index is 12.1. The van der Waals surface area contributed by atoms with Gasteiger partial charge in [-0.25, -0.2) is 9.97 Å². The Balaban J connectivity index is 2.23. The zero-order chi connectivity index (χ0) is 13.8. The van der Waals surface area contributed by atoms with Crippen LogP contribution in [0.5, 0.6) is 0 Å². The summed E-state index contributed by atoms with van der Waals surface area (Å²) in [5.74, 6) is -0.313. The van der Waals surface area contributed by atoms with E-state index >= 15 is 0 Å². The zero-order valence-corrected chi connectivity index (χ0v) is 12.0. The molecule has 98 valence electrons. The number of nitrogens with zero attached hydrogens (tertiary/aromatic N) is 2. The van der Waals surface area contributed by atoms with Crippen LogP contribution in [0.1, 0.15) is 15.9 Å². The summed E-state index contributed by atoms with van der Waals surface area (Å²) >= 11 is 7.36. The minimum atomic E-state index is -0.313. The summed E-state index contributed by atoms with van der Waals surface area (Å²) in [5, 5.41) is 3.49. The lowest BCUT2D eigenvalue weighted by Gasteiger charge is -2.08. The highest BCUT2D eigenvalue weighted by Crippen LogP contribution is 2.19. The van der Waals surface area contributed by atoms with E-state index in [0.29, 0.717) is 5.16 Å². The molecule has 0 saturated carbocycles. The number of benzene rings is 1. The number of rotatable bonds is 3. The lowest BCUT2D eigenvalue weighted by molar-refractivity contribution is 0.102. The predicted molar refractivity (Wildman–Crippen MR) is 78.0 cm³/mol. The summed E-state index contributed by atoms with van der Waals surface area (Å²) in [6, 6.07) is 7.52. The molecule has 19 heavy (non-hydrogen) atoms. The largest absolute Gasteiger partial charge is 0.322 e. The van der Waals surface area contributed by atoms with Crippen LogP contribution in [0.15, 0.2) is 35.6 Å². The van der Waals surface area contributed by atoms with E-state index in [1.165, 1.54) is 18.0 Å². The monoisotopic (exact) mass is 293 g/mol. The molecule has 0 bridgehead atoms. The Labute approximate surface area is 120 Å². The number of hydrogen-bond acceptors (Lipinski definition) is 4. The second-order valence-electron chi connectivity index (χ2n) is 3.83. The fourth-order valence-corrected chi connectivity index (χ4v) is 2.11. The number of para-hydroxylation sites is 1. The van der Waals surface area contributed by atoms with Crippen LogP contribution in [-0.4, -0.2) is 22.1 Å². The van der Waals surface area contributed by atoms with Crippen molar-refractivity contribution in [1.29, 1.82) is 0 Å². The first-order valence-corrected chi connectivity index (χ1v) is 7.15. The Morgan fingerprint density at radius 2 is 2.11 bits per heavy atom. The Morgan fingerprint density at radius 1 is 1.37 bits per heavy atom. The molecule has 0 saturated heterocycles. The van der Waals surface area contributed by atoms with Crippen molar-refractivity contribution in [2.75, 3.05) is 11.6 Å². The number of anilines is 1. The van der Waals surface area contributed by atoms with Gasteiger partial charge in [0.25, 0.3) is 5.91 Å². The topological polar surface area (TPSA) is 54.9 Å². The number of carbonyl (C=O) groups excluding carboxylic acids is 1. The molecular weight excluding hydrogens is 282 g/mol. The highest BCUT2D eigenvalue weighted by atomic mass is 35.5. The van der Waals surface area contributed by atoms with Crippen LogP contribution in [0.3, 0.4) is 0 Å². The van der Waals surface area contributed by atoms with Crippen molar-refractivity contribution in [3.8, 4) is 0 Å². The van der Waals surface area contributed by atoms with Gasteiger partial charge in [0.1, 0.15) is 5.15 Å². The number of amides is 1. The van der Waals surface area contributed by atoms with Gasteiger partial charge in [0, 0.05) is 11.9 Å². The second-order valence-corrected chi connectivity index (χ2v) is 4.96. The summed E-state index contributed by atoms with van der Waals surface area (Å²) in [7, 11) is 0. The molecule has 1 heterocycles. The molecule has 2 rings (SSSR count). The molecule has 1 amide bonds. The number of hydrogen-bond donors (Lipinski definition) is 1. The Bertz CT molecular complexity index is 619. The van der Waals surface area contributed by atoms with E-state index < -0.39 is 0 Å². The van der Waals surface area contributed by atoms with Gasteiger partial charge in [0.2, 0.25) is 0 Å². The molecular formula is C13H12ClN3OS. The predicted octanol–water partition coefficient (Wildman–Crippen LogP) is 3.41. The number of aryl methyl sites for hydroxylation is 1. The van der Waals surface area contributed by atoms with Gasteiger partial charge in [-0.2, -0.15) is 0 Å². The standard InChI is InChI=1S/C13H12ClN3OS/c1-8-5-3-4-6-10(8)16-12(18)9-7-15-13(19-2)17-11(9)14/h3-7H,1-2H3,(H,16,18). The summed E-state index contributed by atoms with van der Waals surface area (Å²) < 4.78 is 0. The number of aromatic nitrogens is 2. The van der Waals surface area contributed by atoms with Crippen molar-refractivity contribution < 1.29 is 4.79 Å². The van der Waals surface area contributed by atoms with Gasteiger partial charge in [-0.15, -0.1) is 0 Å². The van der Waals surface area contributed by atoms with Crippen molar-refractivity contribution in [2.24, 2.45) is 0 Å². The Hall–Kier alpha value is -1.59. The van der Waals surface area contributed by atoms with E-state index in [1.807, 2.05) is 37.4 Å². The average molecular weight is 294 g/mol. The molecule has 0 aliphatic rings. The minimum Gasteiger partial charge on any atom is -0.322 e. The van der Waals surface area contributed by atoms with Crippen LogP contribution in [0.25, 0.3) is 0 Å². The lowest BCUT2D eigenvalue weighted by Crippen LogP contribution is -2.14. The minimum absolute atomic E-state index is 0.158. The van der Waals surface area contributed by atoms with E-state index in [2.05, 4.69) is 15.3 Å². The van der Waals surface area contributed by atoms with Crippen LogP contribution >= 0.6 is 23.4 Å². The third kappa shape index (κ3) is 3.24. The molecule has 0 aliphatic carbocycles. The van der Waals surface area contributed by atoms with Crippen molar-refractivity contribution >= 4 is 35.0 Å². The molecule has 0 fully saturated rings. The number of carbonyl (C=O) groups is 1. The maximum atomic E-state index is 12.1. The smallest absolute Gasteiger partial charge is 0.260 e. The Kier molecular flexibility index (Phi) is 4.39. The summed E-state index contributed by atoms with van der Waals surface area (Å²) in [4.78, 5) is 20.2. The van der Waals surface area contributed by atoms with Gasteiger partial charge in [-0.1, -0.05) is 41.6 Å². The number of halogens is 1. The summed E-state index contributed by atoms with van der Waals surface area (Å²) in [6.45, 7) is 1.92. The van der Waals surface area contributed by atoms with Crippen molar-refractivity contribution in [1.82, 2.24) is 9.97 Å². The number of nitrogens with one attached hydrogen (secondary N) is 1. The first kappa shape index (κ1) is 13.8. The number of thioether (sulfide) groups is 1. The quantitative estimate of drug-likeness (QED) is 0.535. The van der Waals surface area contributed by atoms with Crippen molar-refractivity contribution in [3.63, 3.8) is 0 Å². The zero-order valence-electron chi connectivity index (χ0n) is 10.5. The fraction of sp³-hybridized carbons (Fsp3) is 0.154. The molecule has 1 aromatic heterocycles. The van der Waals surface area contributed by atoms with E-state index in [0.717, 1.165) is 11.3 Å². The van der Waals surface area contributed by atoms with E-state index in [9.17, 15) is 4.79 Å². The molecule has 0 radical (unpaired) electrons. The molecule has 0 unspecified atom stereocenters. The van der Waals surface area contributed by atoms with Gasteiger partial charge >= 0.3 is 0 Å². The molecule has 0 atom stereocenters. The second kappa shape index (κ2) is 6.04. The van der Waals surface area contributed by atoms with Crippen LogP contribution < -0.4 is 5.32 Å². The van der Waals surface area contributed by atoms with Gasteiger partial charge in [-0.05, 0) is 24.8 Å². The molecule has 4 nitrogen and oxygen atoms in total.